The Hall–Kier alpha value is -0.570. The van der Waals surface area contributed by atoms with Gasteiger partial charge in [-0.1, -0.05) is 0 Å². The summed E-state index contributed by atoms with van der Waals surface area (Å²) in [5.74, 6) is 0. The highest BCUT2D eigenvalue weighted by Gasteiger charge is 1.96. The fourth-order valence-electron chi connectivity index (χ4n) is 0.558. The molecule has 1 unspecified atom stereocenters. The van der Waals surface area contributed by atoms with Gasteiger partial charge >= 0.3 is 0 Å². The number of nitrogens with one attached hydrogen (secondary N) is 1. The van der Waals surface area contributed by atoms with Crippen LogP contribution in [0.2, 0.25) is 0 Å². The highest BCUT2D eigenvalue weighted by molar-refractivity contribution is 5.45. The van der Waals surface area contributed by atoms with Crippen LogP contribution >= 0.6 is 0 Å². The Kier molecular flexibility index (Phi) is 5.21. The third-order valence-electron chi connectivity index (χ3n) is 0.940. The van der Waals surface area contributed by atoms with Crippen LogP contribution in [0.3, 0.4) is 0 Å². The van der Waals surface area contributed by atoms with Crippen LogP contribution in [-0.2, 0) is 9.53 Å². The molecule has 0 aromatic carbocycles. The van der Waals surface area contributed by atoms with E-state index in [9.17, 15) is 4.79 Å². The Balaban J connectivity index is 3.04. The molecule has 0 aliphatic rings. The molecule has 0 aromatic heterocycles. The molecular formula is C6H13NO2. The van der Waals surface area contributed by atoms with E-state index < -0.39 is 0 Å². The highest BCUT2D eigenvalue weighted by Crippen LogP contribution is 1.85. The van der Waals surface area contributed by atoms with Crippen LogP contribution in [0.4, 0.5) is 0 Å². The quantitative estimate of drug-likeness (QED) is 0.540. The van der Waals surface area contributed by atoms with Gasteiger partial charge in [0.1, 0.15) is 0 Å². The fourth-order valence-corrected chi connectivity index (χ4v) is 0.558. The lowest BCUT2D eigenvalue weighted by Crippen LogP contribution is -2.25. The molecule has 1 atom stereocenters. The summed E-state index contributed by atoms with van der Waals surface area (Å²) in [5, 5.41) is 2.53. The maximum Gasteiger partial charge on any atom is 0.207 e. The second-order valence-corrected chi connectivity index (χ2v) is 1.79. The van der Waals surface area contributed by atoms with Gasteiger partial charge in [-0.2, -0.15) is 0 Å². The molecule has 0 spiro atoms. The van der Waals surface area contributed by atoms with Gasteiger partial charge in [-0.25, -0.2) is 0 Å². The van der Waals surface area contributed by atoms with E-state index in [2.05, 4.69) is 5.32 Å². The summed E-state index contributed by atoms with van der Waals surface area (Å²) in [6, 6.07) is 0. The van der Waals surface area contributed by atoms with E-state index in [-0.39, 0.29) is 6.10 Å². The van der Waals surface area contributed by atoms with Crippen molar-refractivity contribution in [2.45, 2.75) is 20.0 Å². The predicted octanol–water partition coefficient (Wildman–Crippen LogP) is 0.157. The maximum atomic E-state index is 9.75. The summed E-state index contributed by atoms with van der Waals surface area (Å²) in [7, 11) is 0. The summed E-state index contributed by atoms with van der Waals surface area (Å²) in [5.41, 5.74) is 0. The number of hydrogen-bond acceptors (Lipinski definition) is 2. The predicted molar refractivity (Wildman–Crippen MR) is 35.2 cm³/mol. The molecule has 0 radical (unpaired) electrons. The van der Waals surface area contributed by atoms with Crippen LogP contribution in [0.25, 0.3) is 0 Å². The minimum absolute atomic E-state index is 0.125. The fraction of sp³-hybridized carbons (Fsp3) is 0.833. The minimum atomic E-state index is 0.125. The van der Waals surface area contributed by atoms with Crippen LogP contribution in [0.5, 0.6) is 0 Å². The molecule has 0 bridgehead atoms. The minimum Gasteiger partial charge on any atom is -0.377 e. The topological polar surface area (TPSA) is 38.3 Å². The molecule has 0 aromatic rings. The van der Waals surface area contributed by atoms with Crippen molar-refractivity contribution in [2.75, 3.05) is 13.2 Å². The van der Waals surface area contributed by atoms with Gasteiger partial charge in [-0.15, -0.1) is 0 Å². The Bertz CT molecular complexity index is 75.5. The molecule has 3 nitrogen and oxygen atoms in total. The Labute approximate surface area is 55.4 Å². The van der Waals surface area contributed by atoms with Crippen molar-refractivity contribution in [3.05, 3.63) is 0 Å². The molecule has 9 heavy (non-hydrogen) atoms. The van der Waals surface area contributed by atoms with Crippen LogP contribution < -0.4 is 5.32 Å². The zero-order valence-electron chi connectivity index (χ0n) is 5.89. The Morgan fingerprint density at radius 3 is 2.89 bits per heavy atom. The third-order valence-corrected chi connectivity index (χ3v) is 0.940. The second-order valence-electron chi connectivity index (χ2n) is 1.79. The number of carbonyl (C=O) groups is 1. The lowest BCUT2D eigenvalue weighted by molar-refractivity contribution is -0.110. The average molecular weight is 131 g/mol. The second kappa shape index (κ2) is 5.56. The lowest BCUT2D eigenvalue weighted by atomic mass is 10.4. The molecule has 0 rings (SSSR count). The van der Waals surface area contributed by atoms with Crippen molar-refractivity contribution in [1.82, 2.24) is 5.32 Å². The first-order valence-electron chi connectivity index (χ1n) is 3.10. The van der Waals surface area contributed by atoms with Gasteiger partial charge in [-0.3, -0.25) is 4.79 Å². The summed E-state index contributed by atoms with van der Waals surface area (Å²) in [6.07, 6.45) is 0.801. The van der Waals surface area contributed by atoms with Gasteiger partial charge in [0.2, 0.25) is 6.41 Å². The molecule has 1 amide bonds. The van der Waals surface area contributed by atoms with E-state index in [0.29, 0.717) is 19.6 Å². The number of hydrogen-bond donors (Lipinski definition) is 1. The number of amides is 1. The van der Waals surface area contributed by atoms with Gasteiger partial charge in [0.25, 0.3) is 0 Å². The van der Waals surface area contributed by atoms with E-state index in [1.54, 1.807) is 0 Å². The first-order chi connectivity index (χ1) is 4.31. The van der Waals surface area contributed by atoms with E-state index >= 15 is 0 Å². The number of ether oxygens (including phenoxy) is 1. The van der Waals surface area contributed by atoms with E-state index in [4.69, 9.17) is 4.74 Å². The molecule has 54 valence electrons. The summed E-state index contributed by atoms with van der Waals surface area (Å²) < 4.78 is 5.12. The molecule has 3 heteroatoms. The lowest BCUT2D eigenvalue weighted by Gasteiger charge is -2.08. The van der Waals surface area contributed by atoms with Crippen LogP contribution in [0, 0.1) is 0 Å². The first-order valence-corrected chi connectivity index (χ1v) is 3.10. The van der Waals surface area contributed by atoms with Crippen LogP contribution in [0.1, 0.15) is 13.8 Å². The van der Waals surface area contributed by atoms with Crippen LogP contribution in [0.15, 0.2) is 0 Å². The SMILES string of the molecule is CCOC(C)CNC=O. The van der Waals surface area contributed by atoms with Crippen molar-refractivity contribution < 1.29 is 9.53 Å². The zero-order valence-corrected chi connectivity index (χ0v) is 5.89. The van der Waals surface area contributed by atoms with Crippen molar-refractivity contribution in [2.24, 2.45) is 0 Å². The van der Waals surface area contributed by atoms with Gasteiger partial charge < -0.3 is 10.1 Å². The normalized spacial score (nSPS) is 12.7. The van der Waals surface area contributed by atoms with Crippen LogP contribution in [-0.4, -0.2) is 25.7 Å². The smallest absolute Gasteiger partial charge is 0.207 e. The van der Waals surface area contributed by atoms with Crippen molar-refractivity contribution in [3.63, 3.8) is 0 Å². The van der Waals surface area contributed by atoms with Gasteiger partial charge in [0.15, 0.2) is 0 Å². The monoisotopic (exact) mass is 131 g/mol. The van der Waals surface area contributed by atoms with Gasteiger partial charge in [-0.05, 0) is 13.8 Å². The largest absolute Gasteiger partial charge is 0.377 e. The average Bonchev–Trinajstić information content (AvgIpc) is 1.85. The van der Waals surface area contributed by atoms with Gasteiger partial charge in [0.05, 0.1) is 6.10 Å². The zero-order chi connectivity index (χ0) is 7.11. The molecule has 0 heterocycles. The van der Waals surface area contributed by atoms with E-state index in [1.807, 2.05) is 13.8 Å². The highest BCUT2D eigenvalue weighted by atomic mass is 16.5. The number of rotatable bonds is 5. The first kappa shape index (κ1) is 8.43. The molecule has 1 N–H and O–H groups in total. The molecule has 0 fully saturated rings. The third kappa shape index (κ3) is 5.30. The molecule has 0 aliphatic carbocycles. The van der Waals surface area contributed by atoms with Crippen molar-refractivity contribution >= 4 is 6.41 Å². The standard InChI is InChI=1S/C6H13NO2/c1-3-9-6(2)4-7-5-8/h5-6H,3-4H2,1-2H3,(H,7,8). The molecule has 0 aliphatic heterocycles. The van der Waals surface area contributed by atoms with Crippen molar-refractivity contribution in [1.29, 1.82) is 0 Å². The maximum absolute atomic E-state index is 9.75. The molecular weight excluding hydrogens is 118 g/mol. The van der Waals surface area contributed by atoms with Gasteiger partial charge in [0, 0.05) is 13.2 Å². The molecule has 0 saturated carbocycles. The van der Waals surface area contributed by atoms with E-state index in [1.165, 1.54) is 0 Å². The summed E-state index contributed by atoms with van der Waals surface area (Å²) in [6.45, 7) is 5.14. The van der Waals surface area contributed by atoms with Crippen molar-refractivity contribution in [3.8, 4) is 0 Å². The molecule has 0 saturated heterocycles. The Morgan fingerprint density at radius 1 is 1.78 bits per heavy atom. The summed E-state index contributed by atoms with van der Waals surface area (Å²) in [4.78, 5) is 9.75. The Morgan fingerprint density at radius 2 is 2.44 bits per heavy atom. The summed E-state index contributed by atoms with van der Waals surface area (Å²) >= 11 is 0. The number of carbonyl (C=O) groups excluding carboxylic acids is 1. The van der Waals surface area contributed by atoms with E-state index in [0.717, 1.165) is 0 Å².